The van der Waals surface area contributed by atoms with Gasteiger partial charge in [0, 0.05) is 18.2 Å². The van der Waals surface area contributed by atoms with Crippen LogP contribution in [0.25, 0.3) is 0 Å². The molecule has 2 aromatic rings. The van der Waals surface area contributed by atoms with E-state index in [0.29, 0.717) is 36.1 Å². The van der Waals surface area contributed by atoms with E-state index in [1.54, 1.807) is 13.2 Å². The summed E-state index contributed by atoms with van der Waals surface area (Å²) in [5.74, 6) is 0.343. The zero-order valence-corrected chi connectivity index (χ0v) is 23.4. The van der Waals surface area contributed by atoms with E-state index in [1.807, 2.05) is 63.8 Å². The quantitative estimate of drug-likeness (QED) is 0.484. The Hall–Kier alpha value is -2.26. The molecule has 0 bridgehead atoms. The minimum atomic E-state index is -0.789. The zero-order chi connectivity index (χ0) is 27.0. The average Bonchev–Trinajstić information content (AvgIpc) is 3.06. The number of carbonyl (C=O) groups is 1. The van der Waals surface area contributed by atoms with Crippen LogP contribution in [-0.2, 0) is 27.3 Å². The maximum absolute atomic E-state index is 11.7. The lowest BCUT2D eigenvalue weighted by molar-refractivity contribution is -0.144. The van der Waals surface area contributed by atoms with Gasteiger partial charge in [0.25, 0.3) is 0 Å². The van der Waals surface area contributed by atoms with Crippen molar-refractivity contribution in [2.75, 3.05) is 13.7 Å². The van der Waals surface area contributed by atoms with Crippen molar-refractivity contribution in [3.8, 4) is 11.5 Å². The Balaban J connectivity index is 1.50. The number of aliphatic carboxylic acids is 1. The molecule has 2 saturated heterocycles. The van der Waals surface area contributed by atoms with Crippen molar-refractivity contribution in [2.24, 2.45) is 0 Å². The lowest BCUT2D eigenvalue weighted by Gasteiger charge is -2.33. The van der Waals surface area contributed by atoms with Crippen LogP contribution in [0.1, 0.15) is 63.6 Å². The van der Waals surface area contributed by atoms with E-state index in [1.165, 1.54) is 0 Å². The largest absolute Gasteiger partial charge is 0.496 e. The molecule has 0 unspecified atom stereocenters. The summed E-state index contributed by atoms with van der Waals surface area (Å²) in [5, 5.41) is 10.1. The van der Waals surface area contributed by atoms with Crippen molar-refractivity contribution in [1.29, 1.82) is 0 Å². The normalized spacial score (nSPS) is 21.2. The molecule has 37 heavy (non-hydrogen) atoms. The van der Waals surface area contributed by atoms with Crippen LogP contribution in [-0.4, -0.2) is 54.0 Å². The summed E-state index contributed by atoms with van der Waals surface area (Å²) in [5.41, 5.74) is 3.04. The van der Waals surface area contributed by atoms with E-state index in [9.17, 15) is 9.90 Å². The Morgan fingerprint density at radius 2 is 1.84 bits per heavy atom. The maximum atomic E-state index is 11.7. The molecule has 0 aromatic heterocycles. The van der Waals surface area contributed by atoms with Gasteiger partial charge in [0.05, 0.1) is 23.3 Å². The van der Waals surface area contributed by atoms with Crippen molar-refractivity contribution in [3.63, 3.8) is 0 Å². The van der Waals surface area contributed by atoms with Gasteiger partial charge in [-0.25, -0.2) is 0 Å². The molecule has 0 aliphatic carbocycles. The monoisotopic (exact) mass is 529 g/mol. The molecular weight excluding hydrogens is 493 g/mol. The molecule has 1 N–H and O–H groups in total. The highest BCUT2D eigenvalue weighted by atomic mass is 35.5. The zero-order valence-electron chi connectivity index (χ0n) is 22.6. The van der Waals surface area contributed by atoms with Crippen molar-refractivity contribution >= 4 is 30.2 Å². The smallest absolute Gasteiger partial charge is 0.495 e. The summed E-state index contributed by atoms with van der Waals surface area (Å²) in [6, 6.07) is 9.13. The number of benzene rings is 2. The summed E-state index contributed by atoms with van der Waals surface area (Å²) in [7, 11) is 1.15. The summed E-state index contributed by atoms with van der Waals surface area (Å²) in [4.78, 5) is 13.7. The molecule has 0 amide bonds. The van der Waals surface area contributed by atoms with E-state index >= 15 is 0 Å². The van der Waals surface area contributed by atoms with Crippen LogP contribution in [0.2, 0.25) is 5.02 Å². The van der Waals surface area contributed by atoms with Crippen LogP contribution in [0.4, 0.5) is 0 Å². The molecule has 2 aliphatic rings. The highest BCUT2D eigenvalue weighted by molar-refractivity contribution is 6.62. The third kappa shape index (κ3) is 5.77. The SMILES string of the molecule is COc1cc(OCc2cccc(B3OC(C)(C)C(C)(C)O3)c2C)c(Cl)cc1CN1CCCC[C@H]1C(=O)O. The van der Waals surface area contributed by atoms with Crippen LogP contribution in [0.5, 0.6) is 11.5 Å². The van der Waals surface area contributed by atoms with Gasteiger partial charge in [-0.05, 0) is 76.7 Å². The number of carboxylic acids is 1. The second-order valence-electron chi connectivity index (χ2n) is 10.9. The van der Waals surface area contributed by atoms with Gasteiger partial charge in [0.2, 0.25) is 0 Å². The summed E-state index contributed by atoms with van der Waals surface area (Å²) in [6.07, 6.45) is 2.55. The first-order chi connectivity index (χ1) is 17.4. The molecule has 0 radical (unpaired) electrons. The second-order valence-corrected chi connectivity index (χ2v) is 11.3. The van der Waals surface area contributed by atoms with E-state index < -0.39 is 30.3 Å². The summed E-state index contributed by atoms with van der Waals surface area (Å²) >= 11 is 6.62. The minimum Gasteiger partial charge on any atom is -0.496 e. The number of halogens is 1. The predicted octanol–water partition coefficient (Wildman–Crippen LogP) is 4.97. The maximum Gasteiger partial charge on any atom is 0.495 e. The first-order valence-electron chi connectivity index (χ1n) is 12.8. The first kappa shape index (κ1) is 27.8. The number of ether oxygens (including phenoxy) is 2. The molecule has 2 heterocycles. The van der Waals surface area contributed by atoms with Crippen molar-refractivity contribution in [3.05, 3.63) is 52.0 Å². The molecule has 4 rings (SSSR count). The number of carboxylic acid groups (broad SMARTS) is 1. The number of methoxy groups -OCH3 is 1. The molecule has 2 aliphatic heterocycles. The fraction of sp³-hybridized carbons (Fsp3) is 0.536. The second kappa shape index (κ2) is 10.9. The summed E-state index contributed by atoms with van der Waals surface area (Å²) < 4.78 is 24.3. The minimum absolute atomic E-state index is 0.314. The Labute approximate surface area is 225 Å². The van der Waals surface area contributed by atoms with Gasteiger partial charge in [0.1, 0.15) is 24.1 Å². The first-order valence-corrected chi connectivity index (χ1v) is 13.2. The van der Waals surface area contributed by atoms with Gasteiger partial charge in [-0.3, -0.25) is 9.69 Å². The van der Waals surface area contributed by atoms with Crippen LogP contribution < -0.4 is 14.9 Å². The molecule has 1 atom stereocenters. The van der Waals surface area contributed by atoms with Crippen LogP contribution in [0, 0.1) is 6.92 Å². The predicted molar refractivity (Wildman–Crippen MR) is 145 cm³/mol. The Bertz CT molecular complexity index is 1140. The van der Waals surface area contributed by atoms with Crippen LogP contribution in [0.3, 0.4) is 0 Å². The van der Waals surface area contributed by atoms with E-state index in [2.05, 4.69) is 0 Å². The van der Waals surface area contributed by atoms with E-state index in [-0.39, 0.29) is 0 Å². The fourth-order valence-electron chi connectivity index (χ4n) is 4.92. The number of likely N-dealkylation sites (tertiary alicyclic amines) is 1. The van der Waals surface area contributed by atoms with Gasteiger partial charge in [0.15, 0.2) is 0 Å². The number of hydrogen-bond acceptors (Lipinski definition) is 6. The Morgan fingerprint density at radius 3 is 2.49 bits per heavy atom. The fourth-order valence-corrected chi connectivity index (χ4v) is 5.16. The molecule has 2 aromatic carbocycles. The highest BCUT2D eigenvalue weighted by Crippen LogP contribution is 2.37. The van der Waals surface area contributed by atoms with Gasteiger partial charge in [-0.1, -0.05) is 36.2 Å². The standard InChI is InChI=1S/C28H37BClNO6/c1-18-19(10-9-11-21(18)29-36-27(2,3)28(4,5)37-29)17-35-25-15-24(34-6)20(14-22(25)30)16-31-13-8-7-12-23(31)26(32)33/h9-11,14-15,23H,7-8,12-13,16-17H2,1-6H3,(H,32,33)/t23-/m0/s1. The number of hydrogen-bond donors (Lipinski definition) is 1. The third-order valence-corrected chi connectivity index (χ3v) is 8.28. The third-order valence-electron chi connectivity index (χ3n) is 7.99. The molecule has 200 valence electrons. The number of piperidine rings is 1. The molecular formula is C28H37BClNO6. The van der Waals surface area contributed by atoms with E-state index in [4.69, 9.17) is 30.4 Å². The van der Waals surface area contributed by atoms with Crippen molar-refractivity contribution in [1.82, 2.24) is 4.90 Å². The molecule has 0 saturated carbocycles. The summed E-state index contributed by atoms with van der Waals surface area (Å²) in [6.45, 7) is 11.7. The molecule has 0 spiro atoms. The lowest BCUT2D eigenvalue weighted by Crippen LogP contribution is -2.44. The van der Waals surface area contributed by atoms with Crippen LogP contribution in [0.15, 0.2) is 30.3 Å². The molecule has 9 heteroatoms. The highest BCUT2D eigenvalue weighted by Gasteiger charge is 2.52. The molecule has 7 nitrogen and oxygen atoms in total. The Kier molecular flexibility index (Phi) is 8.14. The van der Waals surface area contributed by atoms with Gasteiger partial charge < -0.3 is 23.9 Å². The van der Waals surface area contributed by atoms with Gasteiger partial charge in [-0.2, -0.15) is 0 Å². The van der Waals surface area contributed by atoms with Gasteiger partial charge in [-0.15, -0.1) is 0 Å². The number of nitrogens with zero attached hydrogens (tertiary/aromatic N) is 1. The van der Waals surface area contributed by atoms with Crippen LogP contribution >= 0.6 is 11.6 Å². The Morgan fingerprint density at radius 1 is 1.14 bits per heavy atom. The van der Waals surface area contributed by atoms with E-state index in [0.717, 1.165) is 41.5 Å². The average molecular weight is 530 g/mol. The van der Waals surface area contributed by atoms with Crippen molar-refractivity contribution in [2.45, 2.75) is 84.3 Å². The van der Waals surface area contributed by atoms with Crippen molar-refractivity contribution < 1.29 is 28.7 Å². The van der Waals surface area contributed by atoms with Gasteiger partial charge >= 0.3 is 13.1 Å². The topological polar surface area (TPSA) is 77.5 Å². The lowest BCUT2D eigenvalue weighted by atomic mass is 9.75. The molecule has 2 fully saturated rings. The number of rotatable bonds is 8.